The highest BCUT2D eigenvalue weighted by Gasteiger charge is 2.14. The first-order valence-corrected chi connectivity index (χ1v) is 7.45. The Morgan fingerprint density at radius 2 is 1.95 bits per heavy atom. The van der Waals surface area contributed by atoms with Crippen LogP contribution in [0.2, 0.25) is 0 Å². The Bertz CT molecular complexity index is 531. The number of likely N-dealkylation sites (N-methyl/N-ethyl adjacent to an activating group) is 2. The number of nitrogens with two attached hydrogens (primary N) is 1. The predicted octanol–water partition coefficient (Wildman–Crippen LogP) is 1.14. The maximum absolute atomic E-state index is 10.9. The van der Waals surface area contributed by atoms with Gasteiger partial charge in [-0.25, -0.2) is 0 Å². The van der Waals surface area contributed by atoms with E-state index in [0.29, 0.717) is 6.54 Å². The van der Waals surface area contributed by atoms with Gasteiger partial charge in [0.2, 0.25) is 0 Å². The van der Waals surface area contributed by atoms with Crippen LogP contribution < -0.4 is 10.6 Å². The molecule has 0 aliphatic rings. The molecular weight excluding hydrogens is 266 g/mol. The number of nitrogens with zero attached hydrogens (tertiary/aromatic N) is 2. The summed E-state index contributed by atoms with van der Waals surface area (Å²) in [5, 5.41) is 0. The van der Waals surface area contributed by atoms with Crippen LogP contribution in [0.15, 0.2) is 18.2 Å². The fourth-order valence-corrected chi connectivity index (χ4v) is 2.02. The molecule has 0 aliphatic heterocycles. The summed E-state index contributed by atoms with van der Waals surface area (Å²) in [4.78, 5) is 2.02. The highest BCUT2D eigenvalue weighted by Crippen LogP contribution is 2.20. The van der Waals surface area contributed by atoms with Gasteiger partial charge in [0, 0.05) is 38.1 Å². The average molecular weight is 287 g/mol. The van der Waals surface area contributed by atoms with Crippen molar-refractivity contribution in [1.82, 2.24) is 4.31 Å². The van der Waals surface area contributed by atoms with Gasteiger partial charge in [-0.05, 0) is 37.6 Å². The number of nitrogen functional groups attached to an aromatic ring is 1. The number of hydrogen-bond acceptors (Lipinski definition) is 4. The van der Waals surface area contributed by atoms with Gasteiger partial charge >= 0.3 is 10.3 Å². The van der Waals surface area contributed by atoms with Crippen molar-refractivity contribution in [2.24, 2.45) is 0 Å². The molecule has 6 nitrogen and oxygen atoms in total. The van der Waals surface area contributed by atoms with E-state index in [1.54, 1.807) is 0 Å². The van der Waals surface area contributed by atoms with Crippen LogP contribution in [0, 0.1) is 6.92 Å². The van der Waals surface area contributed by atoms with E-state index in [-0.39, 0.29) is 6.54 Å². The molecule has 0 spiro atoms. The molecule has 0 heterocycles. The van der Waals surface area contributed by atoms with E-state index in [9.17, 15) is 8.42 Å². The molecule has 0 aromatic heterocycles. The molecule has 0 fully saturated rings. The Labute approximate surface area is 114 Å². The number of benzene rings is 1. The van der Waals surface area contributed by atoms with E-state index in [1.807, 2.05) is 36.9 Å². The Hall–Kier alpha value is -1.31. The molecule has 3 N–H and O–H groups in total. The minimum atomic E-state index is -4.12. The largest absolute Gasteiger partial charge is 0.399 e. The number of aryl methyl sites for hydroxylation is 1. The normalized spacial score (nSPS) is 11.8. The minimum Gasteiger partial charge on any atom is -0.399 e. The van der Waals surface area contributed by atoms with Crippen LogP contribution in [0.4, 0.5) is 11.4 Å². The van der Waals surface area contributed by atoms with Gasteiger partial charge in [-0.1, -0.05) is 0 Å². The molecule has 0 saturated carbocycles. The second-order valence-corrected chi connectivity index (χ2v) is 5.94. The van der Waals surface area contributed by atoms with Crippen molar-refractivity contribution in [1.29, 1.82) is 0 Å². The zero-order valence-electron chi connectivity index (χ0n) is 11.5. The third kappa shape index (κ3) is 4.38. The van der Waals surface area contributed by atoms with Crippen LogP contribution in [0.25, 0.3) is 0 Å². The van der Waals surface area contributed by atoms with E-state index in [2.05, 4.69) is 0 Å². The topological polar surface area (TPSA) is 86.9 Å². The van der Waals surface area contributed by atoms with E-state index in [0.717, 1.165) is 27.8 Å². The zero-order chi connectivity index (χ0) is 14.6. The first-order chi connectivity index (χ1) is 8.75. The summed E-state index contributed by atoms with van der Waals surface area (Å²) < 4.78 is 31.6. The van der Waals surface area contributed by atoms with E-state index in [4.69, 9.17) is 10.3 Å². The van der Waals surface area contributed by atoms with Crippen LogP contribution in [0.5, 0.6) is 0 Å². The van der Waals surface area contributed by atoms with Crippen molar-refractivity contribution in [3.8, 4) is 0 Å². The molecule has 0 bridgehead atoms. The fourth-order valence-electron chi connectivity index (χ4n) is 1.70. The first-order valence-electron chi connectivity index (χ1n) is 6.05. The first kappa shape index (κ1) is 15.7. The third-order valence-corrected chi connectivity index (χ3v) is 4.05. The molecule has 0 amide bonds. The van der Waals surface area contributed by atoms with Crippen molar-refractivity contribution < 1.29 is 13.0 Å². The predicted molar refractivity (Wildman–Crippen MR) is 77.7 cm³/mol. The molecular formula is C12H21N3O3S. The Balaban J connectivity index is 2.76. The van der Waals surface area contributed by atoms with Gasteiger partial charge in [0.05, 0.1) is 0 Å². The quantitative estimate of drug-likeness (QED) is 0.605. The van der Waals surface area contributed by atoms with E-state index < -0.39 is 10.3 Å². The van der Waals surface area contributed by atoms with Crippen LogP contribution >= 0.6 is 0 Å². The molecule has 0 unspecified atom stereocenters. The minimum absolute atomic E-state index is 0.218. The lowest BCUT2D eigenvalue weighted by molar-refractivity contribution is 0.389. The van der Waals surface area contributed by atoms with E-state index >= 15 is 0 Å². The summed E-state index contributed by atoms with van der Waals surface area (Å²) in [7, 11) is -2.77. The summed E-state index contributed by atoms with van der Waals surface area (Å²) >= 11 is 0. The number of anilines is 2. The van der Waals surface area contributed by atoms with Crippen LogP contribution in [-0.2, 0) is 10.3 Å². The van der Waals surface area contributed by atoms with Crippen molar-refractivity contribution >= 4 is 21.7 Å². The fraction of sp³-hybridized carbons (Fsp3) is 0.500. The van der Waals surface area contributed by atoms with Gasteiger partial charge < -0.3 is 10.6 Å². The summed E-state index contributed by atoms with van der Waals surface area (Å²) in [5.41, 5.74) is 8.47. The molecule has 108 valence electrons. The van der Waals surface area contributed by atoms with Gasteiger partial charge in [-0.2, -0.15) is 12.7 Å². The zero-order valence-corrected chi connectivity index (χ0v) is 12.3. The second-order valence-electron chi connectivity index (χ2n) is 4.42. The van der Waals surface area contributed by atoms with Gasteiger partial charge in [0.25, 0.3) is 0 Å². The Morgan fingerprint density at radius 1 is 1.32 bits per heavy atom. The SMILES string of the molecule is CCN(CCN(C)S(=O)(=O)O)c1ccc(N)c(C)c1. The molecule has 1 aromatic carbocycles. The monoisotopic (exact) mass is 287 g/mol. The second kappa shape index (κ2) is 6.23. The number of rotatable bonds is 6. The van der Waals surface area contributed by atoms with Crippen molar-refractivity contribution in [2.75, 3.05) is 37.3 Å². The summed E-state index contributed by atoms with van der Waals surface area (Å²) in [6, 6.07) is 5.70. The van der Waals surface area contributed by atoms with Crippen LogP contribution in [0.3, 0.4) is 0 Å². The van der Waals surface area contributed by atoms with Gasteiger partial charge in [0.15, 0.2) is 0 Å². The maximum Gasteiger partial charge on any atom is 0.335 e. The van der Waals surface area contributed by atoms with Crippen LogP contribution in [-0.4, -0.2) is 44.0 Å². The summed E-state index contributed by atoms with van der Waals surface area (Å²) in [6.45, 7) is 5.37. The lowest BCUT2D eigenvalue weighted by atomic mass is 10.1. The average Bonchev–Trinajstić information content (AvgIpc) is 2.32. The Kier molecular flexibility index (Phi) is 5.16. The smallest absolute Gasteiger partial charge is 0.335 e. The molecule has 1 aromatic rings. The van der Waals surface area contributed by atoms with Gasteiger partial charge in [0.1, 0.15) is 0 Å². The van der Waals surface area contributed by atoms with Gasteiger partial charge in [-0.3, -0.25) is 4.55 Å². The number of hydrogen-bond donors (Lipinski definition) is 2. The summed E-state index contributed by atoms with van der Waals surface area (Å²) in [5.74, 6) is 0. The lowest BCUT2D eigenvalue weighted by Crippen LogP contribution is -2.36. The molecule has 0 aliphatic carbocycles. The van der Waals surface area contributed by atoms with E-state index in [1.165, 1.54) is 7.05 Å². The molecule has 0 saturated heterocycles. The van der Waals surface area contributed by atoms with Crippen molar-refractivity contribution in [3.05, 3.63) is 23.8 Å². The highest BCUT2D eigenvalue weighted by atomic mass is 32.2. The van der Waals surface area contributed by atoms with Crippen LogP contribution in [0.1, 0.15) is 12.5 Å². The maximum atomic E-state index is 10.9. The standard InChI is InChI=1S/C12H21N3O3S/c1-4-15(8-7-14(3)19(16,17)18)11-5-6-12(13)10(2)9-11/h5-6,9H,4,7-8,13H2,1-3H3,(H,16,17,18). The Morgan fingerprint density at radius 3 is 2.42 bits per heavy atom. The molecule has 19 heavy (non-hydrogen) atoms. The molecule has 7 heteroatoms. The van der Waals surface area contributed by atoms with Gasteiger partial charge in [-0.15, -0.1) is 0 Å². The lowest BCUT2D eigenvalue weighted by Gasteiger charge is -2.25. The highest BCUT2D eigenvalue weighted by molar-refractivity contribution is 7.83. The van der Waals surface area contributed by atoms with Crippen molar-refractivity contribution in [2.45, 2.75) is 13.8 Å². The molecule has 0 atom stereocenters. The molecule has 0 radical (unpaired) electrons. The third-order valence-electron chi connectivity index (χ3n) is 3.08. The van der Waals surface area contributed by atoms with Crippen molar-refractivity contribution in [3.63, 3.8) is 0 Å². The summed E-state index contributed by atoms with van der Waals surface area (Å²) in [6.07, 6.45) is 0. The molecule has 1 rings (SSSR count).